The summed E-state index contributed by atoms with van der Waals surface area (Å²) in [4.78, 5) is 14.8. The first-order chi connectivity index (χ1) is 11.5. The number of likely N-dealkylation sites (tertiary alicyclic amines) is 1. The summed E-state index contributed by atoms with van der Waals surface area (Å²) < 4.78 is 14.2. The number of amides is 1. The maximum atomic E-state index is 14.2. The first-order valence-electron chi connectivity index (χ1n) is 8.35. The highest BCUT2D eigenvalue weighted by Gasteiger charge is 2.35. The number of hydrogen-bond donors (Lipinski definition) is 0. The van der Waals surface area contributed by atoms with Crippen LogP contribution in [0.5, 0.6) is 0 Å². The molecule has 0 N–H and O–H groups in total. The molecule has 0 bridgehead atoms. The highest BCUT2D eigenvalue weighted by molar-refractivity contribution is 6.31. The third kappa shape index (κ3) is 3.18. The summed E-state index contributed by atoms with van der Waals surface area (Å²) in [5, 5.41) is 0.675. The third-order valence-electron chi connectivity index (χ3n) is 4.71. The molecule has 0 aromatic heterocycles. The maximum absolute atomic E-state index is 14.2. The summed E-state index contributed by atoms with van der Waals surface area (Å²) in [5.74, 6) is 0.0372. The molecule has 0 aliphatic carbocycles. The second-order valence-corrected chi connectivity index (χ2v) is 6.90. The smallest absolute Gasteiger partial charge is 0.254 e. The molecule has 1 amide bonds. The Morgan fingerprint density at radius 2 is 2.04 bits per heavy atom. The van der Waals surface area contributed by atoms with Crippen molar-refractivity contribution in [3.8, 4) is 0 Å². The van der Waals surface area contributed by atoms with Gasteiger partial charge in [-0.05, 0) is 48.6 Å². The van der Waals surface area contributed by atoms with Crippen LogP contribution in [0.15, 0.2) is 42.5 Å². The van der Waals surface area contributed by atoms with Gasteiger partial charge in [0, 0.05) is 22.7 Å². The van der Waals surface area contributed by atoms with E-state index in [1.54, 1.807) is 29.2 Å². The minimum Gasteiger partial charge on any atom is -0.331 e. The van der Waals surface area contributed by atoms with Crippen LogP contribution in [0.2, 0.25) is 5.02 Å². The highest BCUT2D eigenvalue weighted by atomic mass is 35.5. The fraction of sp³-hybridized carbons (Fsp3) is 0.350. The summed E-state index contributed by atoms with van der Waals surface area (Å²) in [5.41, 5.74) is 2.17. The van der Waals surface area contributed by atoms with Gasteiger partial charge in [-0.2, -0.15) is 0 Å². The van der Waals surface area contributed by atoms with Crippen LogP contribution in [0.1, 0.15) is 47.8 Å². The van der Waals surface area contributed by atoms with Crippen molar-refractivity contribution < 1.29 is 9.18 Å². The first-order valence-corrected chi connectivity index (χ1v) is 8.72. The molecule has 1 aliphatic heterocycles. The second kappa shape index (κ2) is 6.94. The number of benzene rings is 2. The van der Waals surface area contributed by atoms with E-state index in [4.69, 9.17) is 11.6 Å². The predicted molar refractivity (Wildman–Crippen MR) is 94.8 cm³/mol. The normalized spacial score (nSPS) is 20.4. The molecule has 4 heteroatoms. The van der Waals surface area contributed by atoms with Gasteiger partial charge in [0.25, 0.3) is 5.91 Å². The molecule has 1 aliphatic rings. The Morgan fingerprint density at radius 3 is 2.75 bits per heavy atom. The van der Waals surface area contributed by atoms with Crippen LogP contribution >= 0.6 is 11.6 Å². The molecule has 1 fully saturated rings. The average molecular weight is 346 g/mol. The molecule has 126 valence electrons. The van der Waals surface area contributed by atoms with Gasteiger partial charge >= 0.3 is 0 Å². The second-order valence-electron chi connectivity index (χ2n) is 6.50. The van der Waals surface area contributed by atoms with Crippen LogP contribution in [0.25, 0.3) is 0 Å². The van der Waals surface area contributed by atoms with E-state index in [0.29, 0.717) is 28.6 Å². The number of nitrogens with zero attached hydrogens (tertiary/aromatic N) is 1. The van der Waals surface area contributed by atoms with Crippen LogP contribution < -0.4 is 0 Å². The largest absolute Gasteiger partial charge is 0.331 e. The van der Waals surface area contributed by atoms with Crippen LogP contribution in [0.4, 0.5) is 4.39 Å². The molecule has 1 unspecified atom stereocenters. The number of halogens is 2. The fourth-order valence-electron chi connectivity index (χ4n) is 3.46. The molecular formula is C20H21ClFNO. The van der Waals surface area contributed by atoms with Crippen molar-refractivity contribution in [1.82, 2.24) is 4.90 Å². The molecule has 0 saturated carbocycles. The van der Waals surface area contributed by atoms with E-state index < -0.39 is 0 Å². The van der Waals surface area contributed by atoms with Gasteiger partial charge in [-0.3, -0.25) is 4.79 Å². The lowest BCUT2D eigenvalue weighted by molar-refractivity contribution is 0.0730. The lowest BCUT2D eigenvalue weighted by Gasteiger charge is -2.25. The van der Waals surface area contributed by atoms with Crippen LogP contribution in [-0.4, -0.2) is 17.4 Å². The summed E-state index contributed by atoms with van der Waals surface area (Å²) in [6.07, 6.45) is 1.55. The SMILES string of the molecule is CCc1cc(C(=O)N2CC(C)C[C@@H]2c2ccccc2F)ccc1Cl. The zero-order valence-corrected chi connectivity index (χ0v) is 14.7. The number of carbonyl (C=O) groups is 1. The van der Waals surface area contributed by atoms with Crippen molar-refractivity contribution in [2.75, 3.05) is 6.54 Å². The zero-order valence-electron chi connectivity index (χ0n) is 13.9. The third-order valence-corrected chi connectivity index (χ3v) is 5.08. The lowest BCUT2D eigenvalue weighted by atomic mass is 10.00. The lowest BCUT2D eigenvalue weighted by Crippen LogP contribution is -2.31. The summed E-state index contributed by atoms with van der Waals surface area (Å²) in [6.45, 7) is 4.75. The summed E-state index contributed by atoms with van der Waals surface area (Å²) in [7, 11) is 0. The Balaban J connectivity index is 1.94. The first kappa shape index (κ1) is 17.0. The quantitative estimate of drug-likeness (QED) is 0.742. The Labute approximate surface area is 147 Å². The molecule has 2 aromatic carbocycles. The Kier molecular flexibility index (Phi) is 4.91. The van der Waals surface area contributed by atoms with E-state index in [2.05, 4.69) is 6.92 Å². The monoisotopic (exact) mass is 345 g/mol. The van der Waals surface area contributed by atoms with E-state index in [1.807, 2.05) is 19.1 Å². The molecule has 2 nitrogen and oxygen atoms in total. The van der Waals surface area contributed by atoms with E-state index in [9.17, 15) is 9.18 Å². The zero-order chi connectivity index (χ0) is 17.3. The molecule has 1 saturated heterocycles. The van der Waals surface area contributed by atoms with Crippen molar-refractivity contribution in [2.24, 2.45) is 5.92 Å². The molecule has 0 radical (unpaired) electrons. The van der Waals surface area contributed by atoms with Gasteiger partial charge in [-0.25, -0.2) is 4.39 Å². The van der Waals surface area contributed by atoms with Gasteiger partial charge in [-0.1, -0.05) is 43.6 Å². The van der Waals surface area contributed by atoms with Crippen molar-refractivity contribution >= 4 is 17.5 Å². The molecule has 0 spiro atoms. The molecule has 24 heavy (non-hydrogen) atoms. The summed E-state index contributed by atoms with van der Waals surface area (Å²) >= 11 is 6.15. The van der Waals surface area contributed by atoms with Crippen molar-refractivity contribution in [2.45, 2.75) is 32.7 Å². The maximum Gasteiger partial charge on any atom is 0.254 e. The summed E-state index contributed by atoms with van der Waals surface area (Å²) in [6, 6.07) is 11.9. The minimum atomic E-state index is -0.250. The molecule has 3 rings (SSSR count). The Morgan fingerprint density at radius 1 is 1.29 bits per heavy atom. The Bertz CT molecular complexity index is 761. The van der Waals surface area contributed by atoms with Crippen molar-refractivity contribution in [1.29, 1.82) is 0 Å². The number of carbonyl (C=O) groups excluding carboxylic acids is 1. The van der Waals surface area contributed by atoms with Crippen LogP contribution in [-0.2, 0) is 6.42 Å². The molecule has 2 atom stereocenters. The fourth-order valence-corrected chi connectivity index (χ4v) is 3.71. The van der Waals surface area contributed by atoms with E-state index >= 15 is 0 Å². The number of rotatable bonds is 3. The Hall–Kier alpha value is -1.87. The molecule has 1 heterocycles. The van der Waals surface area contributed by atoms with Crippen LogP contribution in [0, 0.1) is 11.7 Å². The average Bonchev–Trinajstić information content (AvgIpc) is 2.96. The van der Waals surface area contributed by atoms with Gasteiger partial charge in [0.15, 0.2) is 0 Å². The van der Waals surface area contributed by atoms with E-state index in [1.165, 1.54) is 6.07 Å². The predicted octanol–water partition coefficient (Wildman–Crippen LogP) is 5.26. The van der Waals surface area contributed by atoms with Gasteiger partial charge in [-0.15, -0.1) is 0 Å². The number of aryl methyl sites for hydroxylation is 1. The topological polar surface area (TPSA) is 20.3 Å². The number of hydrogen-bond acceptors (Lipinski definition) is 1. The molecular weight excluding hydrogens is 325 g/mol. The van der Waals surface area contributed by atoms with Gasteiger partial charge < -0.3 is 4.90 Å². The van der Waals surface area contributed by atoms with Crippen molar-refractivity contribution in [3.63, 3.8) is 0 Å². The van der Waals surface area contributed by atoms with Crippen LogP contribution in [0.3, 0.4) is 0 Å². The van der Waals surface area contributed by atoms with Gasteiger partial charge in [0.1, 0.15) is 5.82 Å². The van der Waals surface area contributed by atoms with Gasteiger partial charge in [0.2, 0.25) is 0 Å². The molecule has 2 aromatic rings. The standard InChI is InChI=1S/C20H21ClFNO/c1-3-14-11-15(8-9-17(14)21)20(24)23-12-13(2)10-19(23)16-6-4-5-7-18(16)22/h4-9,11,13,19H,3,10,12H2,1-2H3/t13?,19-/m1/s1. The highest BCUT2D eigenvalue weighted by Crippen LogP contribution is 2.37. The van der Waals surface area contributed by atoms with Crippen molar-refractivity contribution in [3.05, 3.63) is 70.0 Å². The van der Waals surface area contributed by atoms with E-state index in [0.717, 1.165) is 18.4 Å². The van der Waals surface area contributed by atoms with E-state index in [-0.39, 0.29) is 17.8 Å². The van der Waals surface area contributed by atoms with Gasteiger partial charge in [0.05, 0.1) is 6.04 Å². The minimum absolute atomic E-state index is 0.0565.